The fraction of sp³-hybridized carbons (Fsp3) is 0.0476. The van der Waals surface area contributed by atoms with E-state index < -0.39 is 5.91 Å². The van der Waals surface area contributed by atoms with Crippen LogP contribution in [-0.4, -0.2) is 26.9 Å². The van der Waals surface area contributed by atoms with E-state index in [2.05, 4.69) is 20.6 Å². The third kappa shape index (κ3) is 4.04. The molecular formula is C21H17N5O2. The minimum absolute atomic E-state index is 0.199. The monoisotopic (exact) mass is 371 g/mol. The summed E-state index contributed by atoms with van der Waals surface area (Å²) >= 11 is 0. The summed E-state index contributed by atoms with van der Waals surface area (Å²) in [4.78, 5) is 16.1. The molecule has 1 amide bonds. The van der Waals surface area contributed by atoms with E-state index in [1.54, 1.807) is 30.7 Å². The molecule has 0 spiro atoms. The van der Waals surface area contributed by atoms with E-state index in [0.717, 1.165) is 22.4 Å². The smallest absolute Gasteiger partial charge is 0.307 e. The Labute approximate surface area is 161 Å². The van der Waals surface area contributed by atoms with Crippen LogP contribution < -0.4 is 5.43 Å². The molecule has 0 aliphatic rings. The number of benzene rings is 1. The van der Waals surface area contributed by atoms with Crippen molar-refractivity contribution in [2.45, 2.75) is 6.54 Å². The van der Waals surface area contributed by atoms with Gasteiger partial charge < -0.3 is 4.42 Å². The highest BCUT2D eigenvalue weighted by Gasteiger charge is 2.11. The van der Waals surface area contributed by atoms with Gasteiger partial charge in [-0.25, -0.2) is 5.43 Å². The summed E-state index contributed by atoms with van der Waals surface area (Å²) in [6.07, 6.45) is 8.35. The van der Waals surface area contributed by atoms with E-state index in [0.29, 0.717) is 6.54 Å². The van der Waals surface area contributed by atoms with E-state index in [1.807, 2.05) is 53.3 Å². The van der Waals surface area contributed by atoms with Gasteiger partial charge in [0.2, 0.25) is 0 Å². The molecule has 3 aromatic heterocycles. The second kappa shape index (κ2) is 8.13. The van der Waals surface area contributed by atoms with Gasteiger partial charge in [-0.3, -0.25) is 14.5 Å². The minimum Gasteiger partial charge on any atom is -0.459 e. The Bertz CT molecular complexity index is 1070. The number of hydrogen-bond donors (Lipinski definition) is 1. The number of nitrogens with zero attached hydrogens (tertiary/aromatic N) is 4. The second-order valence-corrected chi connectivity index (χ2v) is 6.03. The van der Waals surface area contributed by atoms with Crippen molar-refractivity contribution in [3.63, 3.8) is 0 Å². The SMILES string of the molecule is O=C(N/N=C\c1cn(Cc2ccccc2)nc1-c1cccnc1)c1ccco1. The number of hydrogen-bond acceptors (Lipinski definition) is 5. The van der Waals surface area contributed by atoms with Crippen LogP contribution in [0.2, 0.25) is 0 Å². The standard InChI is InChI=1S/C21H17N5O2/c27-21(19-9-5-11-28-19)24-23-13-18-15-26(14-16-6-2-1-3-7-16)25-20(18)17-8-4-10-22-12-17/h1-13,15H,14H2,(H,24,27)/b23-13-. The Morgan fingerprint density at radius 2 is 2.04 bits per heavy atom. The highest BCUT2D eigenvalue weighted by atomic mass is 16.3. The molecule has 0 bridgehead atoms. The quantitative estimate of drug-likeness (QED) is 0.416. The molecule has 0 atom stereocenters. The first-order valence-electron chi connectivity index (χ1n) is 8.68. The predicted molar refractivity (Wildman–Crippen MR) is 105 cm³/mol. The van der Waals surface area contributed by atoms with Gasteiger partial charge in [-0.05, 0) is 29.8 Å². The number of aromatic nitrogens is 3. The van der Waals surface area contributed by atoms with Gasteiger partial charge in [-0.15, -0.1) is 0 Å². The molecule has 138 valence electrons. The number of amides is 1. The molecule has 0 aliphatic carbocycles. The largest absolute Gasteiger partial charge is 0.459 e. The summed E-state index contributed by atoms with van der Waals surface area (Å²) in [5, 5.41) is 8.72. The number of nitrogens with one attached hydrogen (secondary N) is 1. The first kappa shape index (κ1) is 17.4. The third-order valence-electron chi connectivity index (χ3n) is 4.03. The van der Waals surface area contributed by atoms with Crippen molar-refractivity contribution >= 4 is 12.1 Å². The molecular weight excluding hydrogens is 354 g/mol. The molecule has 0 unspecified atom stereocenters. The zero-order valence-electron chi connectivity index (χ0n) is 14.9. The second-order valence-electron chi connectivity index (χ2n) is 6.03. The lowest BCUT2D eigenvalue weighted by atomic mass is 10.1. The Kier molecular flexibility index (Phi) is 5.06. The van der Waals surface area contributed by atoms with Crippen LogP contribution in [0.15, 0.2) is 89.0 Å². The maximum atomic E-state index is 11.9. The van der Waals surface area contributed by atoms with Crippen LogP contribution in [0.5, 0.6) is 0 Å². The normalized spacial score (nSPS) is 11.0. The third-order valence-corrected chi connectivity index (χ3v) is 4.03. The number of furan rings is 1. The van der Waals surface area contributed by atoms with Crippen molar-refractivity contribution in [3.05, 3.63) is 96.3 Å². The van der Waals surface area contributed by atoms with Crippen LogP contribution in [0.1, 0.15) is 21.7 Å². The van der Waals surface area contributed by atoms with Gasteiger partial charge in [-0.1, -0.05) is 30.3 Å². The summed E-state index contributed by atoms with van der Waals surface area (Å²) in [7, 11) is 0. The Morgan fingerprint density at radius 3 is 2.79 bits per heavy atom. The fourth-order valence-corrected chi connectivity index (χ4v) is 2.73. The summed E-state index contributed by atoms with van der Waals surface area (Å²) in [5.74, 6) is -0.217. The number of hydrazone groups is 1. The molecule has 4 aromatic rings. The average Bonchev–Trinajstić information content (AvgIpc) is 3.40. The van der Waals surface area contributed by atoms with E-state index >= 15 is 0 Å². The van der Waals surface area contributed by atoms with Crippen LogP contribution in [0.3, 0.4) is 0 Å². The average molecular weight is 371 g/mol. The first-order chi connectivity index (χ1) is 13.8. The van der Waals surface area contributed by atoms with Crippen molar-refractivity contribution in [3.8, 4) is 11.3 Å². The summed E-state index contributed by atoms with van der Waals surface area (Å²) in [6.45, 7) is 0.626. The fourth-order valence-electron chi connectivity index (χ4n) is 2.73. The lowest BCUT2D eigenvalue weighted by molar-refractivity contribution is 0.0927. The molecule has 1 N–H and O–H groups in total. The molecule has 0 aliphatic heterocycles. The van der Waals surface area contributed by atoms with E-state index in [4.69, 9.17) is 4.42 Å². The molecule has 0 saturated carbocycles. The lowest BCUT2D eigenvalue weighted by Crippen LogP contribution is -2.16. The maximum Gasteiger partial charge on any atom is 0.307 e. The summed E-state index contributed by atoms with van der Waals surface area (Å²) in [6, 6.07) is 17.1. The zero-order valence-corrected chi connectivity index (χ0v) is 14.9. The first-order valence-corrected chi connectivity index (χ1v) is 8.68. The van der Waals surface area contributed by atoms with E-state index in [1.165, 1.54) is 6.26 Å². The van der Waals surface area contributed by atoms with Crippen molar-refractivity contribution in [1.82, 2.24) is 20.2 Å². The van der Waals surface area contributed by atoms with Gasteiger partial charge >= 0.3 is 5.91 Å². The van der Waals surface area contributed by atoms with Gasteiger partial charge in [0.1, 0.15) is 5.69 Å². The Hall–Kier alpha value is -4.00. The Morgan fingerprint density at radius 1 is 1.14 bits per heavy atom. The molecule has 0 fully saturated rings. The van der Waals surface area contributed by atoms with Crippen LogP contribution in [0.4, 0.5) is 0 Å². The molecule has 1 aromatic carbocycles. The molecule has 28 heavy (non-hydrogen) atoms. The van der Waals surface area contributed by atoms with Crippen molar-refractivity contribution in [1.29, 1.82) is 0 Å². The molecule has 7 nitrogen and oxygen atoms in total. The van der Waals surface area contributed by atoms with Gasteiger partial charge in [0, 0.05) is 29.7 Å². The number of carbonyl (C=O) groups excluding carboxylic acids is 1. The van der Waals surface area contributed by atoms with Crippen LogP contribution in [-0.2, 0) is 6.54 Å². The van der Waals surface area contributed by atoms with Crippen molar-refractivity contribution in [2.24, 2.45) is 5.10 Å². The van der Waals surface area contributed by atoms with Crippen molar-refractivity contribution < 1.29 is 9.21 Å². The lowest BCUT2D eigenvalue weighted by Gasteiger charge is -2.01. The molecule has 7 heteroatoms. The van der Waals surface area contributed by atoms with Gasteiger partial charge in [0.25, 0.3) is 0 Å². The minimum atomic E-state index is -0.416. The predicted octanol–water partition coefficient (Wildman–Crippen LogP) is 3.35. The summed E-state index contributed by atoms with van der Waals surface area (Å²) < 4.78 is 6.89. The molecule has 4 rings (SSSR count). The zero-order chi connectivity index (χ0) is 19.2. The van der Waals surface area contributed by atoms with Crippen LogP contribution in [0, 0.1) is 0 Å². The number of carbonyl (C=O) groups is 1. The number of rotatable bonds is 6. The van der Waals surface area contributed by atoms with Crippen LogP contribution in [0.25, 0.3) is 11.3 Å². The topological polar surface area (TPSA) is 85.3 Å². The van der Waals surface area contributed by atoms with Crippen LogP contribution >= 0.6 is 0 Å². The molecule has 0 radical (unpaired) electrons. The highest BCUT2D eigenvalue weighted by Crippen LogP contribution is 2.20. The van der Waals surface area contributed by atoms with Gasteiger partial charge in [0.05, 0.1) is 19.0 Å². The van der Waals surface area contributed by atoms with Gasteiger partial charge in [-0.2, -0.15) is 10.2 Å². The molecule has 0 saturated heterocycles. The van der Waals surface area contributed by atoms with Crippen molar-refractivity contribution in [2.75, 3.05) is 0 Å². The number of pyridine rings is 1. The Balaban J connectivity index is 1.59. The highest BCUT2D eigenvalue weighted by molar-refractivity contribution is 5.93. The van der Waals surface area contributed by atoms with E-state index in [9.17, 15) is 4.79 Å². The summed E-state index contributed by atoms with van der Waals surface area (Å²) in [5.41, 5.74) is 5.96. The van der Waals surface area contributed by atoms with Gasteiger partial charge in [0.15, 0.2) is 5.76 Å². The maximum absolute atomic E-state index is 11.9. The molecule has 3 heterocycles. The van der Waals surface area contributed by atoms with E-state index in [-0.39, 0.29) is 5.76 Å².